The third kappa shape index (κ3) is 2.75. The van der Waals surface area contributed by atoms with Crippen molar-refractivity contribution in [2.45, 2.75) is 0 Å². The Morgan fingerprint density at radius 1 is 1.18 bits per heavy atom. The highest BCUT2D eigenvalue weighted by Gasteiger charge is 2.06. The maximum atomic E-state index is 11.8. The number of anilines is 2. The second-order valence-electron chi connectivity index (χ2n) is 3.26. The minimum absolute atomic E-state index is 0.241. The van der Waals surface area contributed by atoms with E-state index in [9.17, 15) is 4.79 Å². The molecule has 0 fully saturated rings. The standard InChI is InChI=1S/C11H11N5O/c1-12-10-3-2-8(4-15-10)11(17)16-9-5-13-7-14-6-9/h2-7H,1H3,(H,12,15)(H,16,17). The Bertz CT molecular complexity index is 497. The molecule has 1 amide bonds. The van der Waals surface area contributed by atoms with Gasteiger partial charge in [0, 0.05) is 13.2 Å². The molecule has 0 aromatic carbocycles. The van der Waals surface area contributed by atoms with Crippen LogP contribution in [0.25, 0.3) is 0 Å². The molecule has 2 rings (SSSR count). The van der Waals surface area contributed by atoms with Crippen molar-refractivity contribution in [2.75, 3.05) is 17.7 Å². The normalized spacial score (nSPS) is 9.71. The quantitative estimate of drug-likeness (QED) is 0.825. The number of pyridine rings is 1. The molecule has 2 aromatic rings. The number of hydrogen-bond donors (Lipinski definition) is 2. The van der Waals surface area contributed by atoms with E-state index in [1.165, 1.54) is 24.9 Å². The topological polar surface area (TPSA) is 79.8 Å². The number of nitrogens with zero attached hydrogens (tertiary/aromatic N) is 3. The summed E-state index contributed by atoms with van der Waals surface area (Å²) < 4.78 is 0. The van der Waals surface area contributed by atoms with Crippen molar-refractivity contribution in [1.29, 1.82) is 0 Å². The van der Waals surface area contributed by atoms with E-state index in [1.807, 2.05) is 0 Å². The molecule has 0 spiro atoms. The SMILES string of the molecule is CNc1ccc(C(=O)Nc2cncnc2)cn1. The molecule has 6 nitrogen and oxygen atoms in total. The molecule has 2 N–H and O–H groups in total. The number of hydrogen-bond acceptors (Lipinski definition) is 5. The van der Waals surface area contributed by atoms with Gasteiger partial charge in [-0.05, 0) is 12.1 Å². The fourth-order valence-electron chi connectivity index (χ4n) is 1.24. The number of nitrogens with one attached hydrogen (secondary N) is 2. The van der Waals surface area contributed by atoms with Crippen LogP contribution < -0.4 is 10.6 Å². The van der Waals surface area contributed by atoms with E-state index in [0.29, 0.717) is 17.1 Å². The molecule has 6 heteroatoms. The smallest absolute Gasteiger partial charge is 0.257 e. The van der Waals surface area contributed by atoms with Crippen molar-refractivity contribution >= 4 is 17.4 Å². The van der Waals surface area contributed by atoms with Gasteiger partial charge < -0.3 is 10.6 Å². The van der Waals surface area contributed by atoms with Crippen molar-refractivity contribution in [2.24, 2.45) is 0 Å². The average molecular weight is 229 g/mol. The molecule has 0 radical (unpaired) electrons. The van der Waals surface area contributed by atoms with Gasteiger partial charge in [-0.3, -0.25) is 4.79 Å². The summed E-state index contributed by atoms with van der Waals surface area (Å²) in [6.45, 7) is 0. The van der Waals surface area contributed by atoms with E-state index in [4.69, 9.17) is 0 Å². The molecule has 17 heavy (non-hydrogen) atoms. The fraction of sp³-hybridized carbons (Fsp3) is 0.0909. The van der Waals surface area contributed by atoms with Gasteiger partial charge in [0.25, 0.3) is 5.91 Å². The number of aromatic nitrogens is 3. The number of rotatable bonds is 3. The van der Waals surface area contributed by atoms with Crippen LogP contribution in [0.2, 0.25) is 0 Å². The van der Waals surface area contributed by atoms with E-state index in [-0.39, 0.29) is 5.91 Å². The lowest BCUT2D eigenvalue weighted by Gasteiger charge is -2.04. The maximum Gasteiger partial charge on any atom is 0.257 e. The predicted molar refractivity (Wildman–Crippen MR) is 63.8 cm³/mol. The Balaban J connectivity index is 2.09. The first-order valence-corrected chi connectivity index (χ1v) is 5.00. The molecule has 0 bridgehead atoms. The zero-order valence-electron chi connectivity index (χ0n) is 9.21. The number of amides is 1. The molecule has 0 atom stereocenters. The van der Waals surface area contributed by atoms with Gasteiger partial charge >= 0.3 is 0 Å². The zero-order valence-corrected chi connectivity index (χ0v) is 9.21. The highest BCUT2D eigenvalue weighted by molar-refractivity contribution is 6.03. The van der Waals surface area contributed by atoms with Crippen LogP contribution >= 0.6 is 0 Å². The van der Waals surface area contributed by atoms with Gasteiger partial charge in [-0.2, -0.15) is 0 Å². The highest BCUT2D eigenvalue weighted by atomic mass is 16.1. The van der Waals surface area contributed by atoms with Crippen LogP contribution in [-0.4, -0.2) is 27.9 Å². The fourth-order valence-corrected chi connectivity index (χ4v) is 1.24. The van der Waals surface area contributed by atoms with Gasteiger partial charge in [-0.1, -0.05) is 0 Å². The second kappa shape index (κ2) is 5.02. The summed E-state index contributed by atoms with van der Waals surface area (Å²) in [5.41, 5.74) is 1.03. The lowest BCUT2D eigenvalue weighted by atomic mass is 10.2. The summed E-state index contributed by atoms with van der Waals surface area (Å²) in [6, 6.07) is 3.42. The third-order valence-corrected chi connectivity index (χ3v) is 2.10. The van der Waals surface area contributed by atoms with Gasteiger partial charge in [-0.15, -0.1) is 0 Å². The van der Waals surface area contributed by atoms with E-state index >= 15 is 0 Å². The van der Waals surface area contributed by atoms with Crippen molar-refractivity contribution in [3.63, 3.8) is 0 Å². The Kier molecular flexibility index (Phi) is 3.25. The van der Waals surface area contributed by atoms with Crippen LogP contribution in [0.1, 0.15) is 10.4 Å². The first-order valence-electron chi connectivity index (χ1n) is 5.00. The molecule has 2 heterocycles. The van der Waals surface area contributed by atoms with Crippen molar-refractivity contribution < 1.29 is 4.79 Å². The van der Waals surface area contributed by atoms with Crippen molar-refractivity contribution in [3.8, 4) is 0 Å². The summed E-state index contributed by atoms with van der Waals surface area (Å²) >= 11 is 0. The molecule has 0 saturated heterocycles. The molecule has 86 valence electrons. The van der Waals surface area contributed by atoms with Gasteiger partial charge in [0.15, 0.2) is 0 Å². The lowest BCUT2D eigenvalue weighted by Crippen LogP contribution is -2.12. The van der Waals surface area contributed by atoms with Gasteiger partial charge in [-0.25, -0.2) is 15.0 Å². The van der Waals surface area contributed by atoms with Crippen LogP contribution in [0.4, 0.5) is 11.5 Å². The lowest BCUT2D eigenvalue weighted by molar-refractivity contribution is 0.102. The summed E-state index contributed by atoms with van der Waals surface area (Å²) in [5, 5.41) is 5.55. The van der Waals surface area contributed by atoms with E-state index in [2.05, 4.69) is 25.6 Å². The molecule has 0 unspecified atom stereocenters. The summed E-state index contributed by atoms with van der Waals surface area (Å²) in [6.07, 6.45) is 5.96. The summed E-state index contributed by atoms with van der Waals surface area (Å²) in [7, 11) is 1.77. The number of carbonyl (C=O) groups is 1. The van der Waals surface area contributed by atoms with Crippen LogP contribution in [0, 0.1) is 0 Å². The molecule has 0 aliphatic carbocycles. The summed E-state index contributed by atoms with van der Waals surface area (Å²) in [5.74, 6) is 0.472. The van der Waals surface area contributed by atoms with Gasteiger partial charge in [0.1, 0.15) is 12.1 Å². The molecule has 2 aromatic heterocycles. The molecule has 0 saturated carbocycles. The Morgan fingerprint density at radius 2 is 1.94 bits per heavy atom. The van der Waals surface area contributed by atoms with Crippen LogP contribution in [0.5, 0.6) is 0 Å². The monoisotopic (exact) mass is 229 g/mol. The minimum atomic E-state index is -0.241. The largest absolute Gasteiger partial charge is 0.373 e. The van der Waals surface area contributed by atoms with E-state index in [0.717, 1.165) is 0 Å². The second-order valence-corrected chi connectivity index (χ2v) is 3.26. The predicted octanol–water partition coefficient (Wildman–Crippen LogP) is 1.17. The molecule has 0 aliphatic heterocycles. The number of carbonyl (C=O) groups excluding carboxylic acids is 1. The zero-order chi connectivity index (χ0) is 12.1. The van der Waals surface area contributed by atoms with Crippen LogP contribution in [0.3, 0.4) is 0 Å². The Hall–Kier alpha value is -2.50. The Labute approximate surface area is 98.1 Å². The molecular weight excluding hydrogens is 218 g/mol. The maximum absolute atomic E-state index is 11.8. The van der Waals surface area contributed by atoms with Gasteiger partial charge in [0.2, 0.25) is 0 Å². The minimum Gasteiger partial charge on any atom is -0.373 e. The van der Waals surface area contributed by atoms with E-state index < -0.39 is 0 Å². The van der Waals surface area contributed by atoms with E-state index in [1.54, 1.807) is 19.2 Å². The first kappa shape index (κ1) is 11.0. The average Bonchev–Trinajstić information content (AvgIpc) is 2.40. The van der Waals surface area contributed by atoms with Gasteiger partial charge in [0.05, 0.1) is 23.6 Å². The summed E-state index contributed by atoms with van der Waals surface area (Å²) in [4.78, 5) is 23.5. The van der Waals surface area contributed by atoms with Crippen LogP contribution in [-0.2, 0) is 0 Å². The first-order chi connectivity index (χ1) is 8.29. The Morgan fingerprint density at radius 3 is 2.53 bits per heavy atom. The highest BCUT2D eigenvalue weighted by Crippen LogP contribution is 2.07. The van der Waals surface area contributed by atoms with Crippen molar-refractivity contribution in [3.05, 3.63) is 42.6 Å². The molecular formula is C11H11N5O. The van der Waals surface area contributed by atoms with Crippen LogP contribution in [0.15, 0.2) is 37.1 Å². The third-order valence-electron chi connectivity index (χ3n) is 2.10. The molecule has 0 aliphatic rings. The van der Waals surface area contributed by atoms with Crippen molar-refractivity contribution in [1.82, 2.24) is 15.0 Å².